The van der Waals surface area contributed by atoms with Gasteiger partial charge in [0.1, 0.15) is 24.1 Å². The molecule has 20 heavy (non-hydrogen) atoms. The van der Waals surface area contributed by atoms with Crippen LogP contribution in [0, 0.1) is 0 Å². The van der Waals surface area contributed by atoms with Crippen LogP contribution in [0.25, 0.3) is 11.2 Å². The number of ether oxygens (including phenoxy) is 2. The van der Waals surface area contributed by atoms with Crippen LogP contribution in [0.1, 0.15) is 6.23 Å². The summed E-state index contributed by atoms with van der Waals surface area (Å²) in [5.74, 6) is 0.294. The van der Waals surface area contributed by atoms with Crippen molar-refractivity contribution < 1.29 is 14.6 Å². The van der Waals surface area contributed by atoms with Crippen molar-refractivity contribution in [3.63, 3.8) is 0 Å². The Labute approximate surface area is 114 Å². The zero-order chi connectivity index (χ0) is 14.3. The molecule has 1 aliphatic rings. The van der Waals surface area contributed by atoms with Gasteiger partial charge in [-0.1, -0.05) is 0 Å². The lowest BCUT2D eigenvalue weighted by atomic mass is 10.1. The molecule has 108 valence electrons. The van der Waals surface area contributed by atoms with Gasteiger partial charge in [0.2, 0.25) is 0 Å². The maximum atomic E-state index is 9.33. The number of methoxy groups -OCH3 is 1. The quantitative estimate of drug-likeness (QED) is 0.627. The van der Waals surface area contributed by atoms with Gasteiger partial charge in [-0.05, 0) is 0 Å². The molecular weight excluding hydrogens is 264 g/mol. The van der Waals surface area contributed by atoms with E-state index in [2.05, 4.69) is 15.0 Å². The number of anilines is 1. The van der Waals surface area contributed by atoms with Crippen LogP contribution in [-0.2, 0) is 9.47 Å². The summed E-state index contributed by atoms with van der Waals surface area (Å²) in [4.78, 5) is 12.2. The number of aromatic nitrogens is 4. The van der Waals surface area contributed by atoms with Gasteiger partial charge in [0.15, 0.2) is 17.7 Å². The number of imidazole rings is 1. The number of aliphatic hydroxyl groups excluding tert-OH is 1. The summed E-state index contributed by atoms with van der Waals surface area (Å²) in [5, 5.41) is 9.33. The van der Waals surface area contributed by atoms with E-state index in [1.807, 2.05) is 0 Å². The highest BCUT2D eigenvalue weighted by molar-refractivity contribution is 5.81. The Kier molecular flexibility index (Phi) is 3.26. The average molecular weight is 280 g/mol. The van der Waals surface area contributed by atoms with E-state index in [-0.39, 0.29) is 6.61 Å². The van der Waals surface area contributed by atoms with Crippen molar-refractivity contribution in [3.05, 3.63) is 12.7 Å². The van der Waals surface area contributed by atoms with Crippen molar-refractivity contribution in [2.24, 2.45) is 5.73 Å². The maximum Gasteiger partial charge on any atom is 0.167 e. The van der Waals surface area contributed by atoms with Gasteiger partial charge in [-0.25, -0.2) is 15.0 Å². The van der Waals surface area contributed by atoms with Crippen LogP contribution in [0.5, 0.6) is 0 Å². The third-order valence-electron chi connectivity index (χ3n) is 3.50. The highest BCUT2D eigenvalue weighted by atomic mass is 16.6. The molecule has 2 aromatic rings. The normalized spacial score (nSPS) is 30.1. The number of hydrogen-bond acceptors (Lipinski definition) is 8. The van der Waals surface area contributed by atoms with Gasteiger partial charge in [-0.15, -0.1) is 0 Å². The smallest absolute Gasteiger partial charge is 0.167 e. The van der Waals surface area contributed by atoms with Crippen LogP contribution in [0.15, 0.2) is 12.7 Å². The van der Waals surface area contributed by atoms with E-state index in [1.165, 1.54) is 13.4 Å². The Balaban J connectivity index is 2.01. The Morgan fingerprint density at radius 2 is 2.25 bits per heavy atom. The fourth-order valence-electron chi connectivity index (χ4n) is 2.52. The van der Waals surface area contributed by atoms with Crippen LogP contribution < -0.4 is 11.5 Å². The summed E-state index contributed by atoms with van der Waals surface area (Å²) in [6.45, 7) is -0.174. The molecule has 0 saturated carbocycles. The van der Waals surface area contributed by atoms with E-state index in [9.17, 15) is 5.11 Å². The molecule has 4 atom stereocenters. The van der Waals surface area contributed by atoms with E-state index < -0.39 is 24.5 Å². The minimum absolute atomic E-state index is 0.174. The molecule has 1 fully saturated rings. The molecule has 0 aromatic carbocycles. The topological polar surface area (TPSA) is 134 Å². The number of nitrogens with two attached hydrogens (primary N) is 2. The van der Waals surface area contributed by atoms with E-state index in [1.54, 1.807) is 10.9 Å². The van der Waals surface area contributed by atoms with Gasteiger partial charge < -0.3 is 26.0 Å². The summed E-state index contributed by atoms with van der Waals surface area (Å²) >= 11 is 0. The van der Waals surface area contributed by atoms with Crippen LogP contribution in [0.4, 0.5) is 5.82 Å². The lowest BCUT2D eigenvalue weighted by molar-refractivity contribution is -0.0513. The maximum absolute atomic E-state index is 9.33. The molecule has 1 saturated heterocycles. The zero-order valence-corrected chi connectivity index (χ0v) is 10.9. The molecule has 2 unspecified atom stereocenters. The molecule has 9 nitrogen and oxygen atoms in total. The van der Waals surface area contributed by atoms with Gasteiger partial charge in [-0.2, -0.15) is 0 Å². The first-order chi connectivity index (χ1) is 9.67. The second-order valence-electron chi connectivity index (χ2n) is 4.61. The van der Waals surface area contributed by atoms with Crippen molar-refractivity contribution >= 4 is 17.0 Å². The highest BCUT2D eigenvalue weighted by Gasteiger charge is 2.44. The molecule has 1 aliphatic heterocycles. The Morgan fingerprint density at radius 3 is 2.90 bits per heavy atom. The number of rotatable bonds is 3. The lowest BCUT2D eigenvalue weighted by Gasteiger charge is -2.18. The number of nitrogens with zero attached hydrogens (tertiary/aromatic N) is 4. The van der Waals surface area contributed by atoms with Gasteiger partial charge in [0, 0.05) is 7.11 Å². The van der Waals surface area contributed by atoms with Gasteiger partial charge in [0.05, 0.1) is 19.0 Å². The van der Waals surface area contributed by atoms with Gasteiger partial charge in [0.25, 0.3) is 0 Å². The minimum Gasteiger partial charge on any atom is -0.394 e. The summed E-state index contributed by atoms with van der Waals surface area (Å²) in [6.07, 6.45) is 1.48. The van der Waals surface area contributed by atoms with Gasteiger partial charge in [-0.3, -0.25) is 4.57 Å². The second kappa shape index (κ2) is 4.94. The van der Waals surface area contributed by atoms with Crippen LogP contribution in [0.3, 0.4) is 0 Å². The third-order valence-corrected chi connectivity index (χ3v) is 3.50. The standard InChI is InChI=1S/C11H16N6O3/c1-19-8-5(2-18)20-11(6(8)12)17-4-16-7-9(13)14-3-15-10(7)17/h3-6,8,11,18H,2,12H2,1H3,(H2,13,14,15)/t5-,6?,8?,11-/m1/s1. The molecule has 0 aliphatic carbocycles. The predicted molar refractivity (Wildman–Crippen MR) is 69.5 cm³/mol. The first-order valence-corrected chi connectivity index (χ1v) is 6.15. The average Bonchev–Trinajstić information content (AvgIpc) is 3.00. The van der Waals surface area contributed by atoms with Gasteiger partial charge >= 0.3 is 0 Å². The van der Waals surface area contributed by atoms with Crippen LogP contribution in [-0.4, -0.2) is 56.6 Å². The molecule has 3 rings (SSSR count). The number of nitrogen functional groups attached to an aromatic ring is 1. The molecule has 0 spiro atoms. The van der Waals surface area contributed by atoms with Crippen molar-refractivity contribution in [3.8, 4) is 0 Å². The summed E-state index contributed by atoms with van der Waals surface area (Å²) in [7, 11) is 1.53. The number of hydrogen-bond donors (Lipinski definition) is 3. The number of aliphatic hydroxyl groups is 1. The molecule has 9 heteroatoms. The Hall–Kier alpha value is -1.81. The Bertz CT molecular complexity index is 617. The number of fused-ring (bicyclic) bond motifs is 1. The molecule has 0 radical (unpaired) electrons. The fourth-order valence-corrected chi connectivity index (χ4v) is 2.52. The molecular formula is C11H16N6O3. The molecule has 3 heterocycles. The predicted octanol–water partition coefficient (Wildman–Crippen LogP) is -1.36. The zero-order valence-electron chi connectivity index (χ0n) is 10.9. The molecule has 0 bridgehead atoms. The summed E-state index contributed by atoms with van der Waals surface area (Å²) < 4.78 is 12.7. The minimum atomic E-state index is -0.531. The molecule has 2 aromatic heterocycles. The summed E-state index contributed by atoms with van der Waals surface area (Å²) in [6, 6.07) is -0.453. The van der Waals surface area contributed by atoms with E-state index in [0.29, 0.717) is 17.0 Å². The van der Waals surface area contributed by atoms with Crippen molar-refractivity contribution in [2.75, 3.05) is 19.5 Å². The lowest BCUT2D eigenvalue weighted by Crippen LogP contribution is -2.41. The summed E-state index contributed by atoms with van der Waals surface area (Å²) in [5.41, 5.74) is 12.9. The van der Waals surface area contributed by atoms with Crippen LogP contribution >= 0.6 is 0 Å². The van der Waals surface area contributed by atoms with Crippen molar-refractivity contribution in [1.82, 2.24) is 19.5 Å². The largest absolute Gasteiger partial charge is 0.394 e. The SMILES string of the molecule is COC1C(N)[C@H](n2cnc3c(N)ncnc32)O[C@@H]1CO. The third kappa shape index (κ3) is 1.83. The Morgan fingerprint density at radius 1 is 1.45 bits per heavy atom. The molecule has 0 amide bonds. The van der Waals surface area contributed by atoms with E-state index in [4.69, 9.17) is 20.9 Å². The van der Waals surface area contributed by atoms with E-state index >= 15 is 0 Å². The monoisotopic (exact) mass is 280 g/mol. The first-order valence-electron chi connectivity index (χ1n) is 6.15. The highest BCUT2D eigenvalue weighted by Crippen LogP contribution is 2.31. The first kappa shape index (κ1) is 13.2. The fraction of sp³-hybridized carbons (Fsp3) is 0.545. The van der Waals surface area contributed by atoms with Crippen LogP contribution in [0.2, 0.25) is 0 Å². The molecule has 5 N–H and O–H groups in total. The van der Waals surface area contributed by atoms with Crippen molar-refractivity contribution in [2.45, 2.75) is 24.5 Å². The van der Waals surface area contributed by atoms with E-state index in [0.717, 1.165) is 0 Å². The van der Waals surface area contributed by atoms with Crippen molar-refractivity contribution in [1.29, 1.82) is 0 Å². The second-order valence-corrected chi connectivity index (χ2v) is 4.61.